The second kappa shape index (κ2) is 9.59. The normalized spacial score (nSPS) is 11.7. The number of para-hydroxylation sites is 1. The Morgan fingerprint density at radius 2 is 1.97 bits per heavy atom. The molecular weight excluding hydrogens is 459 g/mol. The Balaban J connectivity index is 1.47. The van der Waals surface area contributed by atoms with Crippen molar-refractivity contribution in [2.24, 2.45) is 7.05 Å². The quantitative estimate of drug-likeness (QED) is 0.336. The summed E-state index contributed by atoms with van der Waals surface area (Å²) in [5, 5.41) is 11.2. The van der Waals surface area contributed by atoms with E-state index in [4.69, 9.17) is 4.98 Å². The molecule has 0 aliphatic heterocycles. The number of rotatable bonds is 7. The van der Waals surface area contributed by atoms with Crippen molar-refractivity contribution in [3.8, 4) is 11.4 Å². The van der Waals surface area contributed by atoms with E-state index in [9.17, 15) is 9.18 Å². The summed E-state index contributed by atoms with van der Waals surface area (Å²) in [6.45, 7) is 0.602. The molecule has 9 nitrogen and oxygen atoms in total. The van der Waals surface area contributed by atoms with Crippen LogP contribution in [0.4, 0.5) is 21.7 Å². The van der Waals surface area contributed by atoms with Crippen molar-refractivity contribution < 1.29 is 9.18 Å². The van der Waals surface area contributed by atoms with Crippen molar-refractivity contribution in [1.29, 1.82) is 0 Å². The predicted octanol–water partition coefficient (Wildman–Crippen LogP) is 4.22. The van der Waals surface area contributed by atoms with Gasteiger partial charge in [0.1, 0.15) is 5.82 Å². The lowest BCUT2D eigenvalue weighted by Crippen LogP contribution is -2.13. The van der Waals surface area contributed by atoms with Crippen LogP contribution in [-0.2, 0) is 11.8 Å². The molecular formula is C26H25FN8O. The number of anilines is 3. The molecule has 0 aliphatic rings. The summed E-state index contributed by atoms with van der Waals surface area (Å²) in [5.41, 5.74) is 3.16. The van der Waals surface area contributed by atoms with E-state index in [-0.39, 0.29) is 5.69 Å². The first-order chi connectivity index (χ1) is 17.4. The molecule has 3 aromatic heterocycles. The lowest BCUT2D eigenvalue weighted by atomic mass is 10.1. The highest BCUT2D eigenvalue weighted by Gasteiger charge is 2.16. The first-order valence-corrected chi connectivity index (χ1v) is 11.3. The minimum atomic E-state index is -0.543. The van der Waals surface area contributed by atoms with Gasteiger partial charge in [-0.05, 0) is 38.4 Å². The number of aromatic nitrogens is 5. The van der Waals surface area contributed by atoms with E-state index in [1.807, 2.05) is 61.1 Å². The first-order valence-electron chi connectivity index (χ1n) is 11.3. The van der Waals surface area contributed by atoms with Gasteiger partial charge in [0.15, 0.2) is 11.5 Å². The second-order valence-corrected chi connectivity index (χ2v) is 8.62. The van der Waals surface area contributed by atoms with Crippen LogP contribution in [0, 0.1) is 5.82 Å². The average molecular weight is 485 g/mol. The molecule has 0 atom stereocenters. The molecule has 0 radical (unpaired) electrons. The van der Waals surface area contributed by atoms with Crippen LogP contribution in [0.25, 0.3) is 27.9 Å². The van der Waals surface area contributed by atoms with Gasteiger partial charge in [0.25, 0.3) is 0 Å². The van der Waals surface area contributed by atoms with Gasteiger partial charge < -0.3 is 20.1 Å². The topological polar surface area (TPSA) is 92.4 Å². The van der Waals surface area contributed by atoms with Gasteiger partial charge in [-0.25, -0.2) is 4.39 Å². The van der Waals surface area contributed by atoms with Crippen LogP contribution in [0.5, 0.6) is 0 Å². The SMILES string of the molecule is CN(C)CC=CC(=O)Nc1cc(Nc2nc(-c3cn(C)c4ccccc34)n3nccc3n2)ccc1F. The van der Waals surface area contributed by atoms with Crippen molar-refractivity contribution in [2.45, 2.75) is 0 Å². The second-order valence-electron chi connectivity index (χ2n) is 8.62. The molecule has 36 heavy (non-hydrogen) atoms. The monoisotopic (exact) mass is 484 g/mol. The number of halogens is 1. The van der Waals surface area contributed by atoms with E-state index >= 15 is 0 Å². The fourth-order valence-corrected chi connectivity index (χ4v) is 3.95. The summed E-state index contributed by atoms with van der Waals surface area (Å²) < 4.78 is 18.1. The summed E-state index contributed by atoms with van der Waals surface area (Å²) in [7, 11) is 5.77. The third-order valence-corrected chi connectivity index (χ3v) is 5.61. The predicted molar refractivity (Wildman–Crippen MR) is 139 cm³/mol. The summed E-state index contributed by atoms with van der Waals surface area (Å²) in [6.07, 6.45) is 6.76. The van der Waals surface area contributed by atoms with Crippen LogP contribution in [0.15, 0.2) is 73.1 Å². The number of likely N-dealkylation sites (N-methyl/N-ethyl adjacent to an activating group) is 1. The molecule has 182 valence electrons. The van der Waals surface area contributed by atoms with Crippen LogP contribution in [0.2, 0.25) is 0 Å². The highest BCUT2D eigenvalue weighted by atomic mass is 19.1. The van der Waals surface area contributed by atoms with E-state index in [0.29, 0.717) is 29.7 Å². The number of nitrogens with zero attached hydrogens (tertiary/aromatic N) is 6. The summed E-state index contributed by atoms with van der Waals surface area (Å²) in [4.78, 5) is 23.4. The maximum absolute atomic E-state index is 14.4. The summed E-state index contributed by atoms with van der Waals surface area (Å²) in [5.74, 6) is -0.0201. The molecule has 0 unspecified atom stereocenters. The maximum atomic E-state index is 14.4. The number of fused-ring (bicyclic) bond motifs is 2. The van der Waals surface area contributed by atoms with Gasteiger partial charge in [-0.2, -0.15) is 19.6 Å². The summed E-state index contributed by atoms with van der Waals surface area (Å²) in [6, 6.07) is 14.2. The zero-order chi connectivity index (χ0) is 25.2. The average Bonchev–Trinajstić information content (AvgIpc) is 3.45. The Morgan fingerprint density at radius 3 is 2.81 bits per heavy atom. The van der Waals surface area contributed by atoms with Gasteiger partial charge in [-0.3, -0.25) is 4.79 Å². The summed E-state index contributed by atoms with van der Waals surface area (Å²) >= 11 is 0. The molecule has 0 saturated carbocycles. The lowest BCUT2D eigenvalue weighted by molar-refractivity contribution is -0.111. The number of hydrogen-bond donors (Lipinski definition) is 2. The minimum Gasteiger partial charge on any atom is -0.350 e. The standard InChI is InChI=1S/C26H25FN8O/c1-33(2)14-6-9-24(36)30-21-15-17(10-11-20(21)27)29-26-31-23-12-13-28-35(23)25(32-26)19-16-34(3)22-8-5-4-7-18(19)22/h4-13,15-16H,14H2,1-3H3,(H,29,31)(H,30,36). The van der Waals surface area contributed by atoms with E-state index in [0.717, 1.165) is 16.5 Å². The van der Waals surface area contributed by atoms with Crippen molar-refractivity contribution in [3.63, 3.8) is 0 Å². The Bertz CT molecular complexity index is 1600. The molecule has 5 aromatic rings. The highest BCUT2D eigenvalue weighted by molar-refractivity contribution is 5.99. The molecule has 2 N–H and O–H groups in total. The van der Waals surface area contributed by atoms with Gasteiger partial charge in [0.05, 0.1) is 11.9 Å². The van der Waals surface area contributed by atoms with Crippen LogP contribution in [0.3, 0.4) is 0 Å². The van der Waals surface area contributed by atoms with Gasteiger partial charge in [-0.1, -0.05) is 24.3 Å². The number of carbonyl (C=O) groups excluding carboxylic acids is 1. The van der Waals surface area contributed by atoms with Crippen LogP contribution in [-0.4, -0.2) is 55.6 Å². The zero-order valence-corrected chi connectivity index (χ0v) is 20.1. The van der Waals surface area contributed by atoms with Crippen molar-refractivity contribution in [1.82, 2.24) is 29.0 Å². The molecule has 1 amide bonds. The van der Waals surface area contributed by atoms with Crippen LogP contribution >= 0.6 is 0 Å². The Kier molecular flexibility index (Phi) is 6.17. The Morgan fingerprint density at radius 1 is 1.14 bits per heavy atom. The molecule has 0 spiro atoms. The van der Waals surface area contributed by atoms with E-state index in [1.54, 1.807) is 28.9 Å². The van der Waals surface area contributed by atoms with Crippen molar-refractivity contribution in [2.75, 3.05) is 31.3 Å². The van der Waals surface area contributed by atoms with Gasteiger partial charge in [-0.15, -0.1) is 0 Å². The number of carbonyl (C=O) groups is 1. The zero-order valence-electron chi connectivity index (χ0n) is 20.1. The molecule has 0 saturated heterocycles. The highest BCUT2D eigenvalue weighted by Crippen LogP contribution is 2.30. The molecule has 5 rings (SSSR count). The van der Waals surface area contributed by atoms with E-state index in [2.05, 4.69) is 20.7 Å². The van der Waals surface area contributed by atoms with Crippen LogP contribution < -0.4 is 10.6 Å². The molecule has 0 aliphatic carbocycles. The first kappa shape index (κ1) is 23.2. The number of benzene rings is 2. The van der Waals surface area contributed by atoms with Gasteiger partial charge in [0, 0.05) is 54.1 Å². The van der Waals surface area contributed by atoms with E-state index < -0.39 is 11.7 Å². The Hall–Kier alpha value is -4.57. The van der Waals surface area contributed by atoms with Crippen LogP contribution in [0.1, 0.15) is 0 Å². The van der Waals surface area contributed by atoms with Gasteiger partial charge in [0.2, 0.25) is 11.9 Å². The number of amides is 1. The third kappa shape index (κ3) is 4.66. The van der Waals surface area contributed by atoms with Crippen molar-refractivity contribution in [3.05, 3.63) is 78.9 Å². The lowest BCUT2D eigenvalue weighted by Gasteiger charge is -2.11. The third-order valence-electron chi connectivity index (χ3n) is 5.61. The number of nitrogens with one attached hydrogen (secondary N) is 2. The van der Waals surface area contributed by atoms with Crippen molar-refractivity contribution >= 4 is 39.8 Å². The number of hydrogen-bond acceptors (Lipinski definition) is 6. The molecule has 3 heterocycles. The maximum Gasteiger partial charge on any atom is 0.248 e. The smallest absolute Gasteiger partial charge is 0.248 e. The molecule has 0 fully saturated rings. The molecule has 2 aromatic carbocycles. The van der Waals surface area contributed by atoms with E-state index in [1.165, 1.54) is 18.2 Å². The fourth-order valence-electron chi connectivity index (χ4n) is 3.95. The largest absolute Gasteiger partial charge is 0.350 e. The van der Waals surface area contributed by atoms with Gasteiger partial charge >= 0.3 is 0 Å². The molecule has 0 bridgehead atoms. The Labute approximate surface area is 206 Å². The molecule has 10 heteroatoms. The minimum absolute atomic E-state index is 0.0548. The number of aryl methyl sites for hydroxylation is 1. The fraction of sp³-hybridized carbons (Fsp3) is 0.154.